The molecule has 1 aliphatic carbocycles. The van der Waals surface area contributed by atoms with Crippen molar-refractivity contribution in [1.82, 2.24) is 4.98 Å². The van der Waals surface area contributed by atoms with Gasteiger partial charge in [0.15, 0.2) is 8.32 Å². The lowest BCUT2D eigenvalue weighted by Crippen LogP contribution is -2.45. The normalized spacial score (nSPS) is 23.3. The van der Waals surface area contributed by atoms with Gasteiger partial charge in [0, 0.05) is 48.6 Å². The van der Waals surface area contributed by atoms with Gasteiger partial charge in [0.2, 0.25) is 0 Å². The molecular weight excluding hydrogens is 569 g/mol. The molecule has 0 saturated carbocycles. The largest absolute Gasteiger partial charge is 0.417 e. The highest BCUT2D eigenvalue weighted by Gasteiger charge is 2.54. The van der Waals surface area contributed by atoms with Crippen LogP contribution in [0.2, 0.25) is 18.1 Å². The number of nitriles is 1. The van der Waals surface area contributed by atoms with Gasteiger partial charge in [-0.05, 0) is 65.6 Å². The molecule has 43 heavy (non-hydrogen) atoms. The van der Waals surface area contributed by atoms with Crippen LogP contribution in [-0.4, -0.2) is 26.5 Å². The standard InChI is InChI=1S/C34H45F3N2O3Si/c1-20(2)29-27-28(26-24(39-29)17-32(6,7)18-25(26)42-43(8,9)31(3,4)5)33(12-14-40-15-13-33)41-30(27)21-10-11-23(34(35,36)37)22(16-21)19-38/h10-11,16,20,25,30H,12-15,17-18H2,1-9H3. The van der Waals surface area contributed by atoms with Crippen LogP contribution in [0.5, 0.6) is 0 Å². The summed E-state index contributed by atoms with van der Waals surface area (Å²) in [6.07, 6.45) is -2.53. The highest BCUT2D eigenvalue weighted by atomic mass is 28.4. The number of pyridine rings is 1. The number of fused-ring (bicyclic) bond motifs is 4. The molecule has 5 rings (SSSR count). The Balaban J connectivity index is 1.79. The maximum Gasteiger partial charge on any atom is 0.417 e. The van der Waals surface area contributed by atoms with Crippen LogP contribution in [0.15, 0.2) is 18.2 Å². The van der Waals surface area contributed by atoms with E-state index in [1.807, 2.05) is 0 Å². The van der Waals surface area contributed by atoms with Crippen LogP contribution in [0.1, 0.15) is 131 Å². The molecule has 2 unspecified atom stereocenters. The highest BCUT2D eigenvalue weighted by molar-refractivity contribution is 6.74. The summed E-state index contributed by atoms with van der Waals surface area (Å²) in [7, 11) is -2.21. The fourth-order valence-electron chi connectivity index (χ4n) is 6.84. The van der Waals surface area contributed by atoms with E-state index in [9.17, 15) is 18.4 Å². The second-order valence-corrected chi connectivity index (χ2v) is 20.0. The first-order chi connectivity index (χ1) is 19.8. The summed E-state index contributed by atoms with van der Waals surface area (Å²) in [4.78, 5) is 5.35. The molecule has 1 aromatic heterocycles. The second kappa shape index (κ2) is 10.7. The molecule has 0 N–H and O–H groups in total. The van der Waals surface area contributed by atoms with Crippen LogP contribution in [0.25, 0.3) is 0 Å². The molecule has 0 radical (unpaired) electrons. The lowest BCUT2D eigenvalue weighted by molar-refractivity contribution is -0.138. The molecule has 234 valence electrons. The van der Waals surface area contributed by atoms with Crippen molar-refractivity contribution in [2.75, 3.05) is 13.2 Å². The van der Waals surface area contributed by atoms with Gasteiger partial charge in [-0.1, -0.05) is 54.5 Å². The topological polar surface area (TPSA) is 64.4 Å². The van der Waals surface area contributed by atoms with E-state index < -0.39 is 37.3 Å². The summed E-state index contributed by atoms with van der Waals surface area (Å²) in [5, 5.41) is 9.72. The minimum absolute atomic E-state index is 0.00650. The Morgan fingerprint density at radius 1 is 1.09 bits per heavy atom. The van der Waals surface area contributed by atoms with Crippen molar-refractivity contribution >= 4 is 8.32 Å². The number of nitrogens with zero attached hydrogens (tertiary/aromatic N) is 2. The van der Waals surface area contributed by atoms with E-state index in [0.29, 0.717) is 31.6 Å². The van der Waals surface area contributed by atoms with E-state index in [1.165, 1.54) is 12.1 Å². The van der Waals surface area contributed by atoms with Crippen LogP contribution in [-0.2, 0) is 32.1 Å². The summed E-state index contributed by atoms with van der Waals surface area (Å²) in [5.41, 5.74) is 3.60. The van der Waals surface area contributed by atoms with Crippen molar-refractivity contribution in [3.8, 4) is 6.07 Å². The fraction of sp³-hybridized carbons (Fsp3) is 0.647. The van der Waals surface area contributed by atoms with Crippen LogP contribution < -0.4 is 0 Å². The molecule has 9 heteroatoms. The molecule has 0 amide bonds. The number of aromatic nitrogens is 1. The Morgan fingerprint density at radius 2 is 1.74 bits per heavy atom. The van der Waals surface area contributed by atoms with Crippen molar-refractivity contribution in [1.29, 1.82) is 5.26 Å². The number of ether oxygens (including phenoxy) is 2. The van der Waals surface area contributed by atoms with Gasteiger partial charge in [-0.25, -0.2) is 0 Å². The van der Waals surface area contributed by atoms with Gasteiger partial charge in [0.05, 0.1) is 28.9 Å². The molecule has 2 aromatic rings. The molecule has 1 saturated heterocycles. The molecule has 0 bridgehead atoms. The predicted octanol–water partition coefficient (Wildman–Crippen LogP) is 9.26. The maximum atomic E-state index is 13.7. The van der Waals surface area contributed by atoms with Gasteiger partial charge in [-0.2, -0.15) is 18.4 Å². The maximum absolute atomic E-state index is 13.7. The van der Waals surface area contributed by atoms with Crippen LogP contribution in [0.3, 0.4) is 0 Å². The molecule has 1 aromatic carbocycles. The molecule has 1 spiro atoms. The van der Waals surface area contributed by atoms with Crippen LogP contribution >= 0.6 is 0 Å². The number of hydrogen-bond donors (Lipinski definition) is 0. The smallest absolute Gasteiger partial charge is 0.410 e. The van der Waals surface area contributed by atoms with E-state index in [-0.39, 0.29) is 22.5 Å². The lowest BCUT2D eigenvalue weighted by atomic mass is 9.70. The van der Waals surface area contributed by atoms with Gasteiger partial charge in [0.1, 0.15) is 6.10 Å². The number of benzene rings is 1. The monoisotopic (exact) mass is 614 g/mol. The first kappa shape index (κ1) is 32.1. The van der Waals surface area contributed by atoms with E-state index in [4.69, 9.17) is 18.9 Å². The second-order valence-electron chi connectivity index (χ2n) is 15.2. The molecule has 3 aliphatic rings. The zero-order valence-corrected chi connectivity index (χ0v) is 28.0. The van der Waals surface area contributed by atoms with E-state index >= 15 is 0 Å². The van der Waals surface area contributed by atoms with Crippen molar-refractivity contribution in [2.45, 2.75) is 122 Å². The summed E-state index contributed by atoms with van der Waals surface area (Å²) in [6, 6.07) is 5.61. The third-order valence-electron chi connectivity index (χ3n) is 10.0. The summed E-state index contributed by atoms with van der Waals surface area (Å²) >= 11 is 0. The van der Waals surface area contributed by atoms with Gasteiger partial charge >= 0.3 is 6.18 Å². The third-order valence-corrected chi connectivity index (χ3v) is 14.5. The lowest BCUT2D eigenvalue weighted by Gasteiger charge is -2.46. The van der Waals surface area contributed by atoms with E-state index in [2.05, 4.69) is 61.6 Å². The molecular formula is C34H45F3N2O3Si. The van der Waals surface area contributed by atoms with E-state index in [1.54, 1.807) is 6.07 Å². The Labute approximate surface area is 255 Å². The third kappa shape index (κ3) is 5.69. The molecule has 5 nitrogen and oxygen atoms in total. The predicted molar refractivity (Wildman–Crippen MR) is 162 cm³/mol. The average Bonchev–Trinajstić information content (AvgIpc) is 3.19. The van der Waals surface area contributed by atoms with Gasteiger partial charge in [-0.15, -0.1) is 0 Å². The Kier molecular flexibility index (Phi) is 7.99. The first-order valence-corrected chi connectivity index (χ1v) is 18.3. The number of halogens is 3. The minimum Gasteiger partial charge on any atom is -0.410 e. The fourth-order valence-corrected chi connectivity index (χ4v) is 8.10. The highest BCUT2D eigenvalue weighted by Crippen LogP contribution is 2.59. The first-order valence-electron chi connectivity index (χ1n) is 15.4. The summed E-state index contributed by atoms with van der Waals surface area (Å²) < 4.78 is 61.3. The molecule has 3 heterocycles. The molecule has 2 aliphatic heterocycles. The number of hydrogen-bond acceptors (Lipinski definition) is 5. The number of rotatable bonds is 4. The minimum atomic E-state index is -4.62. The zero-order chi connectivity index (χ0) is 31.8. The van der Waals surface area contributed by atoms with Gasteiger partial charge in [0.25, 0.3) is 0 Å². The SMILES string of the molecule is CC(C)c1nc2c(c3c1C(c1ccc(C(F)(F)F)c(C#N)c1)OC31CCOCC1)C(O[Si](C)(C)C(C)(C)C)CC(C)(C)C2. The average molecular weight is 615 g/mol. The Morgan fingerprint density at radius 3 is 2.30 bits per heavy atom. The van der Waals surface area contributed by atoms with E-state index in [0.717, 1.165) is 47.0 Å². The Bertz CT molecular complexity index is 1450. The molecule has 2 atom stereocenters. The van der Waals surface area contributed by atoms with Crippen molar-refractivity contribution in [3.05, 3.63) is 63.0 Å². The van der Waals surface area contributed by atoms with Crippen molar-refractivity contribution in [3.63, 3.8) is 0 Å². The number of alkyl halides is 3. The van der Waals surface area contributed by atoms with Gasteiger partial charge in [-0.3, -0.25) is 4.98 Å². The van der Waals surface area contributed by atoms with Crippen LogP contribution in [0.4, 0.5) is 13.2 Å². The van der Waals surface area contributed by atoms with Crippen molar-refractivity contribution in [2.24, 2.45) is 5.41 Å². The van der Waals surface area contributed by atoms with Crippen molar-refractivity contribution < 1.29 is 27.1 Å². The van der Waals surface area contributed by atoms with Gasteiger partial charge < -0.3 is 13.9 Å². The zero-order valence-electron chi connectivity index (χ0n) is 27.0. The summed E-state index contributed by atoms with van der Waals surface area (Å²) in [6.45, 7) is 21.1. The quantitative estimate of drug-likeness (QED) is 0.321. The molecule has 1 fully saturated rings. The summed E-state index contributed by atoms with van der Waals surface area (Å²) in [5.74, 6) is 0.0508. The van der Waals surface area contributed by atoms with Crippen LogP contribution in [0, 0.1) is 16.7 Å². The Hall–Kier alpha value is -2.25.